The normalized spacial score (nSPS) is 23.2. The first kappa shape index (κ1) is 14.0. The molecule has 0 N–H and O–H groups in total. The highest BCUT2D eigenvalue weighted by molar-refractivity contribution is 5.76. The molecule has 24 heavy (non-hydrogen) atoms. The molecular weight excluding hydrogens is 290 g/mol. The molecular formula is C23H22N+. The van der Waals surface area contributed by atoms with E-state index in [9.17, 15) is 0 Å². The molecule has 1 fully saturated rings. The van der Waals surface area contributed by atoms with Crippen LogP contribution < -0.4 is 4.57 Å². The summed E-state index contributed by atoms with van der Waals surface area (Å²) in [5.74, 6) is 1.43. The predicted octanol–water partition coefficient (Wildman–Crippen LogP) is 5.21. The first-order valence-electron chi connectivity index (χ1n) is 8.87. The number of fused-ring (bicyclic) bond motifs is 6. The van der Waals surface area contributed by atoms with Crippen LogP contribution in [-0.4, -0.2) is 0 Å². The fourth-order valence-electron chi connectivity index (χ4n) is 4.56. The third kappa shape index (κ3) is 1.84. The van der Waals surface area contributed by atoms with Gasteiger partial charge in [-0.15, -0.1) is 0 Å². The van der Waals surface area contributed by atoms with Gasteiger partial charge in [-0.3, -0.25) is 0 Å². The van der Waals surface area contributed by atoms with Crippen LogP contribution in [0.1, 0.15) is 35.6 Å². The molecule has 118 valence electrons. The van der Waals surface area contributed by atoms with Crippen LogP contribution in [0.4, 0.5) is 0 Å². The van der Waals surface area contributed by atoms with Gasteiger partial charge in [0, 0.05) is 18.1 Å². The fourth-order valence-corrected chi connectivity index (χ4v) is 4.56. The molecule has 2 aliphatic rings. The molecule has 0 bridgehead atoms. The number of nitrogens with zero attached hydrogens (tertiary/aromatic N) is 1. The number of hydrogen-bond acceptors (Lipinski definition) is 0. The lowest BCUT2D eigenvalue weighted by atomic mass is 9.90. The van der Waals surface area contributed by atoms with Crippen LogP contribution in [0.3, 0.4) is 0 Å². The van der Waals surface area contributed by atoms with E-state index in [4.69, 9.17) is 0 Å². The van der Waals surface area contributed by atoms with Crippen molar-refractivity contribution in [3.63, 3.8) is 0 Å². The van der Waals surface area contributed by atoms with Gasteiger partial charge < -0.3 is 0 Å². The second-order valence-electron chi connectivity index (χ2n) is 7.49. The molecule has 0 radical (unpaired) electrons. The Bertz CT molecular complexity index is 970. The molecule has 1 saturated carbocycles. The lowest BCUT2D eigenvalue weighted by Crippen LogP contribution is -2.37. The SMILES string of the molecule is Cc1ccc(C)c(-c2ccc3c(c2)-c2cccc[n+]2C2C3[C@H]2C)c1. The van der Waals surface area contributed by atoms with Gasteiger partial charge in [0.1, 0.15) is 0 Å². The lowest BCUT2D eigenvalue weighted by Gasteiger charge is -2.16. The van der Waals surface area contributed by atoms with Crippen LogP contribution in [0.2, 0.25) is 0 Å². The van der Waals surface area contributed by atoms with E-state index in [0.29, 0.717) is 12.0 Å². The number of rotatable bonds is 1. The molecule has 5 rings (SSSR count). The van der Waals surface area contributed by atoms with E-state index in [1.807, 2.05) is 0 Å². The quantitative estimate of drug-likeness (QED) is 0.543. The van der Waals surface area contributed by atoms with E-state index in [1.54, 1.807) is 0 Å². The summed E-state index contributed by atoms with van der Waals surface area (Å²) in [7, 11) is 0. The Labute approximate surface area is 143 Å². The lowest BCUT2D eigenvalue weighted by molar-refractivity contribution is -0.694. The molecule has 2 aromatic carbocycles. The minimum Gasteiger partial charge on any atom is -0.195 e. The molecule has 0 amide bonds. The average molecular weight is 312 g/mol. The molecule has 1 aliphatic heterocycles. The molecule has 0 saturated heterocycles. The molecule has 1 nitrogen and oxygen atoms in total. The zero-order chi connectivity index (χ0) is 16.4. The number of hydrogen-bond donors (Lipinski definition) is 0. The average Bonchev–Trinajstić information content (AvgIpc) is 3.28. The molecule has 1 aromatic heterocycles. The Balaban J connectivity index is 1.73. The van der Waals surface area contributed by atoms with E-state index in [1.165, 1.54) is 39.1 Å². The van der Waals surface area contributed by atoms with Crippen molar-refractivity contribution in [2.75, 3.05) is 0 Å². The van der Waals surface area contributed by atoms with Gasteiger partial charge in [-0.1, -0.05) is 42.8 Å². The highest BCUT2D eigenvalue weighted by Gasteiger charge is 2.59. The summed E-state index contributed by atoms with van der Waals surface area (Å²) in [5, 5.41) is 0. The fraction of sp³-hybridized carbons (Fsp3) is 0.261. The van der Waals surface area contributed by atoms with E-state index in [2.05, 4.69) is 86.1 Å². The first-order chi connectivity index (χ1) is 11.6. The van der Waals surface area contributed by atoms with Gasteiger partial charge in [-0.05, 0) is 48.2 Å². The number of aromatic nitrogens is 1. The molecule has 3 atom stereocenters. The molecule has 0 spiro atoms. The summed E-state index contributed by atoms with van der Waals surface area (Å²) in [4.78, 5) is 0. The van der Waals surface area contributed by atoms with Gasteiger partial charge in [0.15, 0.2) is 12.2 Å². The van der Waals surface area contributed by atoms with Crippen molar-refractivity contribution in [2.24, 2.45) is 5.92 Å². The standard InChI is InChI=1S/C23H22N/c1-14-7-8-15(2)19(12-14)17-9-10-18-20(13-17)21-6-4-5-11-24(21)23-16(3)22(18)23/h4-13,16,22-23H,1-3H3/q+1/t16-,22?,23?/m1/s1. The summed E-state index contributed by atoms with van der Waals surface area (Å²) in [5.41, 5.74) is 9.66. The second-order valence-corrected chi connectivity index (χ2v) is 7.49. The maximum absolute atomic E-state index is 2.49. The van der Waals surface area contributed by atoms with Gasteiger partial charge in [0.05, 0.1) is 11.5 Å². The molecule has 1 heteroatoms. The van der Waals surface area contributed by atoms with Crippen LogP contribution in [0, 0.1) is 19.8 Å². The smallest absolute Gasteiger partial charge is 0.195 e. The molecule has 2 heterocycles. The number of pyridine rings is 1. The summed E-state index contributed by atoms with van der Waals surface area (Å²) < 4.78 is 2.49. The Hall–Kier alpha value is -2.41. The summed E-state index contributed by atoms with van der Waals surface area (Å²) in [6, 6.07) is 21.1. The largest absolute Gasteiger partial charge is 0.213 e. The van der Waals surface area contributed by atoms with E-state index in [0.717, 1.165) is 5.92 Å². The van der Waals surface area contributed by atoms with Crippen molar-refractivity contribution >= 4 is 0 Å². The van der Waals surface area contributed by atoms with Crippen molar-refractivity contribution in [3.05, 3.63) is 77.5 Å². The third-order valence-corrected chi connectivity index (χ3v) is 5.94. The summed E-state index contributed by atoms with van der Waals surface area (Å²) >= 11 is 0. The van der Waals surface area contributed by atoms with Crippen molar-refractivity contribution in [1.29, 1.82) is 0 Å². The Morgan fingerprint density at radius 2 is 1.75 bits per heavy atom. The van der Waals surface area contributed by atoms with Crippen LogP contribution >= 0.6 is 0 Å². The highest BCUT2D eigenvalue weighted by atomic mass is 15.1. The van der Waals surface area contributed by atoms with Crippen molar-refractivity contribution in [3.8, 4) is 22.4 Å². The zero-order valence-corrected chi connectivity index (χ0v) is 14.5. The molecule has 2 unspecified atom stereocenters. The summed E-state index contributed by atoms with van der Waals surface area (Å²) in [6.07, 6.45) is 2.25. The van der Waals surface area contributed by atoms with Crippen molar-refractivity contribution in [1.82, 2.24) is 0 Å². The Morgan fingerprint density at radius 3 is 2.62 bits per heavy atom. The first-order valence-corrected chi connectivity index (χ1v) is 8.87. The van der Waals surface area contributed by atoms with Gasteiger partial charge in [-0.2, -0.15) is 4.57 Å². The maximum atomic E-state index is 2.49. The van der Waals surface area contributed by atoms with Gasteiger partial charge in [-0.25, -0.2) is 0 Å². The van der Waals surface area contributed by atoms with Crippen LogP contribution in [0.25, 0.3) is 22.4 Å². The van der Waals surface area contributed by atoms with Crippen LogP contribution in [-0.2, 0) is 0 Å². The molecule has 3 aromatic rings. The maximum Gasteiger partial charge on any atom is 0.213 e. The van der Waals surface area contributed by atoms with E-state index >= 15 is 0 Å². The summed E-state index contributed by atoms with van der Waals surface area (Å²) in [6.45, 7) is 6.76. The van der Waals surface area contributed by atoms with E-state index < -0.39 is 0 Å². The van der Waals surface area contributed by atoms with Crippen molar-refractivity contribution in [2.45, 2.75) is 32.7 Å². The third-order valence-electron chi connectivity index (χ3n) is 5.94. The van der Waals surface area contributed by atoms with Gasteiger partial charge in [0.2, 0.25) is 5.69 Å². The molecule has 1 aliphatic carbocycles. The minimum atomic E-state index is 0.653. The predicted molar refractivity (Wildman–Crippen MR) is 97.9 cm³/mol. The van der Waals surface area contributed by atoms with Crippen LogP contribution in [0.15, 0.2) is 60.8 Å². The Kier molecular flexibility index (Phi) is 2.79. The van der Waals surface area contributed by atoms with Crippen LogP contribution in [0.5, 0.6) is 0 Å². The zero-order valence-electron chi connectivity index (χ0n) is 14.5. The minimum absolute atomic E-state index is 0.653. The highest BCUT2D eigenvalue weighted by Crippen LogP contribution is 2.59. The van der Waals surface area contributed by atoms with Crippen molar-refractivity contribution < 1.29 is 4.57 Å². The number of benzene rings is 2. The number of aryl methyl sites for hydroxylation is 2. The monoisotopic (exact) mass is 312 g/mol. The van der Waals surface area contributed by atoms with E-state index in [-0.39, 0.29) is 0 Å². The Morgan fingerprint density at radius 1 is 0.875 bits per heavy atom. The van der Waals surface area contributed by atoms with Gasteiger partial charge >= 0.3 is 0 Å². The second kappa shape index (κ2) is 4.80. The van der Waals surface area contributed by atoms with Gasteiger partial charge in [0.25, 0.3) is 0 Å². The topological polar surface area (TPSA) is 3.88 Å².